The molecule has 3 fully saturated rings. The van der Waals surface area contributed by atoms with E-state index in [-0.39, 0.29) is 29.7 Å². The van der Waals surface area contributed by atoms with E-state index >= 15 is 0 Å². The van der Waals surface area contributed by atoms with Crippen LogP contribution in [0.3, 0.4) is 0 Å². The molecule has 4 atom stereocenters. The van der Waals surface area contributed by atoms with Crippen molar-refractivity contribution in [3.05, 3.63) is 57.4 Å². The summed E-state index contributed by atoms with van der Waals surface area (Å²) in [6.45, 7) is 10.3. The Labute approximate surface area is 347 Å². The average molecular weight is 834 g/mol. The Morgan fingerprint density at radius 3 is 2.42 bits per heavy atom. The minimum atomic E-state index is -4.80. The molecule has 316 valence electrons. The maximum absolute atomic E-state index is 14.2. The zero-order chi connectivity index (χ0) is 40.7. The lowest BCUT2D eigenvalue weighted by Crippen LogP contribution is -2.43. The molecule has 0 saturated heterocycles. The van der Waals surface area contributed by atoms with Crippen LogP contribution in [0.25, 0.3) is 0 Å². The van der Waals surface area contributed by atoms with E-state index in [1.165, 1.54) is 49.3 Å². The zero-order valence-corrected chi connectivity index (χ0v) is 35.6. The van der Waals surface area contributed by atoms with Gasteiger partial charge in [0.15, 0.2) is 0 Å². The molecule has 57 heavy (non-hydrogen) atoms. The fourth-order valence-corrected chi connectivity index (χ4v) is 11.8. The molecule has 1 aliphatic heterocycles. The lowest BCUT2D eigenvalue weighted by Gasteiger charge is -2.42. The topological polar surface area (TPSA) is 78.9 Å². The van der Waals surface area contributed by atoms with Gasteiger partial charge in [-0.25, -0.2) is 0 Å². The first-order valence-corrected chi connectivity index (χ1v) is 23.1. The number of hydrogen-bond donors (Lipinski definition) is 2. The second kappa shape index (κ2) is 20.1. The van der Waals surface area contributed by atoms with E-state index in [1.807, 2.05) is 17.2 Å². The number of nitrogens with zero attached hydrogens (tertiary/aromatic N) is 1. The second-order valence-electron chi connectivity index (χ2n) is 18.1. The Kier molecular flexibility index (Phi) is 15.5. The number of alkyl halides is 3. The summed E-state index contributed by atoms with van der Waals surface area (Å²) in [6.07, 6.45) is 12.1. The number of anilines is 1. The number of carbonyl (C=O) groups is 2. The molecule has 2 amide bonds. The van der Waals surface area contributed by atoms with Crippen LogP contribution in [0.5, 0.6) is 5.75 Å². The average Bonchev–Trinajstić information content (AvgIpc) is 3.62. The van der Waals surface area contributed by atoms with Crippen LogP contribution in [0.15, 0.2) is 35.7 Å². The molecule has 2 heterocycles. The van der Waals surface area contributed by atoms with E-state index in [2.05, 4.69) is 24.9 Å². The predicted octanol–water partition coefficient (Wildman–Crippen LogP) is 12.3. The quantitative estimate of drug-likeness (QED) is 0.116. The maximum atomic E-state index is 14.2. The van der Waals surface area contributed by atoms with Crippen LogP contribution >= 0.6 is 22.9 Å². The molecule has 6 rings (SSSR count). The summed E-state index contributed by atoms with van der Waals surface area (Å²) < 4.78 is 47.8. The van der Waals surface area contributed by atoms with Crippen molar-refractivity contribution in [3.63, 3.8) is 0 Å². The Morgan fingerprint density at radius 2 is 1.74 bits per heavy atom. The van der Waals surface area contributed by atoms with Gasteiger partial charge in [-0.15, -0.1) is 11.3 Å². The van der Waals surface area contributed by atoms with Crippen molar-refractivity contribution in [1.29, 1.82) is 0 Å². The number of halogens is 4. The summed E-state index contributed by atoms with van der Waals surface area (Å²) in [5.41, 5.74) is 1.53. The number of hydrogen-bond acceptors (Lipinski definition) is 5. The first-order valence-electron chi connectivity index (χ1n) is 21.8. The summed E-state index contributed by atoms with van der Waals surface area (Å²) >= 11 is 7.68. The third-order valence-electron chi connectivity index (χ3n) is 13.6. The molecular weight excluding hydrogens is 769 g/mol. The molecular formula is C46H64ClF3N2O4S. The maximum Gasteiger partial charge on any atom is 0.420 e. The third-order valence-corrected chi connectivity index (χ3v) is 14.8. The molecule has 4 aliphatic rings. The Balaban J connectivity index is 1.01. The van der Waals surface area contributed by atoms with Crippen LogP contribution in [0.2, 0.25) is 5.02 Å². The van der Waals surface area contributed by atoms with Gasteiger partial charge in [-0.3, -0.25) is 9.59 Å². The van der Waals surface area contributed by atoms with Gasteiger partial charge in [-0.05, 0) is 154 Å². The van der Waals surface area contributed by atoms with E-state index in [0.717, 1.165) is 106 Å². The van der Waals surface area contributed by atoms with Crippen molar-refractivity contribution in [2.75, 3.05) is 25.0 Å². The lowest BCUT2D eigenvalue weighted by atomic mass is 9.63. The number of benzene rings is 1. The number of aromatic hydroxyl groups is 1. The minimum Gasteiger partial charge on any atom is -0.506 e. The highest BCUT2D eigenvalue weighted by Crippen LogP contribution is 2.47. The summed E-state index contributed by atoms with van der Waals surface area (Å²) in [7, 11) is 0. The SMILES string of the molecule is C=C(CCCN(CCC)C(=O)[C@@H](Cc1cc(Cl)c(O)c(C(F)(F)F)c1)OCCCC1CCC(CCC2Cc3ccsc3NC2=O)CC1)C1CC2CC(C)CC(C2)C1. The molecule has 2 aromatic rings. The standard InChI is InChI=1S/C46H64ClF3N2O4S/c1-4-16-52(17-5-7-30(3)38-23-33-20-29(2)21-34(22-33)24-38)45(55)41(27-35-25-39(46(48,49)50)42(53)40(47)26-35)56-18-6-8-31-9-11-32(12-10-31)13-14-36-28-37-15-19-57-44(37)51-43(36)54/h15,19,25-26,29,31-34,36,38,41,53H,3-14,16-18,20-24,27-28H2,1-2H3,(H,51,54)/t29?,31?,32?,33?,34?,36?,38?,41-/m1/s1. The number of nitrogens with one attached hydrogen (secondary N) is 1. The van der Waals surface area contributed by atoms with Crippen LogP contribution < -0.4 is 5.32 Å². The second-order valence-corrected chi connectivity index (χ2v) is 19.4. The molecule has 1 aromatic carbocycles. The molecule has 3 unspecified atom stereocenters. The van der Waals surface area contributed by atoms with E-state index in [1.54, 1.807) is 11.3 Å². The van der Waals surface area contributed by atoms with Crippen LogP contribution in [0.1, 0.15) is 133 Å². The van der Waals surface area contributed by atoms with Gasteiger partial charge in [0, 0.05) is 32.0 Å². The Morgan fingerprint density at radius 1 is 1.04 bits per heavy atom. The smallest absolute Gasteiger partial charge is 0.420 e. The van der Waals surface area contributed by atoms with Crippen molar-refractivity contribution in [1.82, 2.24) is 4.90 Å². The van der Waals surface area contributed by atoms with Crippen molar-refractivity contribution in [2.45, 2.75) is 142 Å². The highest BCUT2D eigenvalue weighted by atomic mass is 35.5. The van der Waals surface area contributed by atoms with Gasteiger partial charge >= 0.3 is 6.18 Å². The van der Waals surface area contributed by atoms with Crippen LogP contribution in [-0.2, 0) is 33.3 Å². The highest BCUT2D eigenvalue weighted by Gasteiger charge is 2.37. The fraction of sp³-hybridized carbons (Fsp3) is 0.696. The van der Waals surface area contributed by atoms with Crippen molar-refractivity contribution >= 4 is 39.8 Å². The summed E-state index contributed by atoms with van der Waals surface area (Å²) in [5, 5.41) is 15.8. The van der Waals surface area contributed by atoms with Gasteiger partial charge in [0.05, 0.1) is 15.6 Å². The number of phenolic OH excluding ortho intramolecular Hbond substituents is 1. The molecule has 3 saturated carbocycles. The van der Waals surface area contributed by atoms with Crippen molar-refractivity contribution in [2.24, 2.45) is 41.4 Å². The fourth-order valence-electron chi connectivity index (χ4n) is 10.7. The highest BCUT2D eigenvalue weighted by molar-refractivity contribution is 7.14. The number of rotatable bonds is 18. The van der Waals surface area contributed by atoms with Crippen LogP contribution in [-0.4, -0.2) is 47.6 Å². The van der Waals surface area contributed by atoms with Gasteiger partial charge in [-0.1, -0.05) is 63.3 Å². The van der Waals surface area contributed by atoms with Crippen LogP contribution in [0, 0.1) is 41.4 Å². The monoisotopic (exact) mass is 832 g/mol. The largest absolute Gasteiger partial charge is 0.506 e. The molecule has 0 spiro atoms. The molecule has 2 bridgehead atoms. The molecule has 3 aliphatic carbocycles. The number of allylic oxidation sites excluding steroid dienone is 1. The first kappa shape index (κ1) is 44.0. The number of fused-ring (bicyclic) bond motifs is 3. The predicted molar refractivity (Wildman–Crippen MR) is 224 cm³/mol. The summed E-state index contributed by atoms with van der Waals surface area (Å²) in [5.74, 6) is 3.12. The number of carbonyl (C=O) groups excluding carboxylic acids is 2. The lowest BCUT2D eigenvalue weighted by molar-refractivity contribution is -0.144. The first-order chi connectivity index (χ1) is 27.3. The van der Waals surface area contributed by atoms with Crippen molar-refractivity contribution in [3.8, 4) is 5.75 Å². The summed E-state index contributed by atoms with van der Waals surface area (Å²) in [4.78, 5) is 28.7. The normalized spacial score (nSPS) is 26.7. The van der Waals surface area contributed by atoms with Crippen LogP contribution in [0.4, 0.5) is 18.2 Å². The van der Waals surface area contributed by atoms with E-state index in [4.69, 9.17) is 16.3 Å². The van der Waals surface area contributed by atoms with Gasteiger partial charge in [-0.2, -0.15) is 13.2 Å². The van der Waals surface area contributed by atoms with Gasteiger partial charge < -0.3 is 20.1 Å². The van der Waals surface area contributed by atoms with Crippen molar-refractivity contribution < 1.29 is 32.6 Å². The number of amides is 2. The molecule has 1 aromatic heterocycles. The van der Waals surface area contributed by atoms with Gasteiger partial charge in [0.2, 0.25) is 5.91 Å². The third kappa shape index (κ3) is 12.0. The van der Waals surface area contributed by atoms with Gasteiger partial charge in [0.1, 0.15) is 11.9 Å². The minimum absolute atomic E-state index is 0.0494. The molecule has 2 N–H and O–H groups in total. The Hall–Kier alpha value is -2.56. The number of phenols is 1. The molecule has 6 nitrogen and oxygen atoms in total. The summed E-state index contributed by atoms with van der Waals surface area (Å²) in [6, 6.07) is 4.31. The Bertz CT molecular complexity index is 1650. The number of thiophene rings is 1. The molecule has 0 radical (unpaired) electrons. The van der Waals surface area contributed by atoms with E-state index in [9.17, 15) is 27.9 Å². The van der Waals surface area contributed by atoms with E-state index in [0.29, 0.717) is 37.5 Å². The number of ether oxygens (including phenoxy) is 1. The zero-order valence-electron chi connectivity index (χ0n) is 34.0. The van der Waals surface area contributed by atoms with Gasteiger partial charge in [0.25, 0.3) is 5.91 Å². The van der Waals surface area contributed by atoms with E-state index < -0.39 is 28.6 Å². The molecule has 11 heteroatoms.